The second kappa shape index (κ2) is 4.31. The fourth-order valence-corrected chi connectivity index (χ4v) is 2.49. The summed E-state index contributed by atoms with van der Waals surface area (Å²) in [5.41, 5.74) is 6.28. The third-order valence-electron chi connectivity index (χ3n) is 3.46. The van der Waals surface area contributed by atoms with E-state index in [1.807, 2.05) is 0 Å². The summed E-state index contributed by atoms with van der Waals surface area (Å²) in [6, 6.07) is 1.25. The van der Waals surface area contributed by atoms with E-state index >= 15 is 0 Å². The Morgan fingerprint density at radius 1 is 1.35 bits per heavy atom. The predicted molar refractivity (Wildman–Crippen MR) is 68.1 cm³/mol. The fraction of sp³-hybridized carbons (Fsp3) is 0.636. The summed E-state index contributed by atoms with van der Waals surface area (Å²) in [5.74, 6) is 0.660. The Morgan fingerprint density at radius 2 is 2.18 bits per heavy atom. The molecular weight excluding hydrogens is 238 g/mol. The Morgan fingerprint density at radius 3 is 2.94 bits per heavy atom. The van der Waals surface area contributed by atoms with Gasteiger partial charge >= 0.3 is 0 Å². The van der Waals surface area contributed by atoms with Gasteiger partial charge < -0.3 is 11.1 Å². The fourth-order valence-electron chi connectivity index (χ4n) is 2.36. The number of nitrogen functional groups attached to an aromatic ring is 1. The molecule has 6 heteroatoms. The minimum atomic E-state index is 0.319. The van der Waals surface area contributed by atoms with E-state index in [0.29, 0.717) is 22.7 Å². The summed E-state index contributed by atoms with van der Waals surface area (Å²) >= 11 is 5.86. The Kier molecular flexibility index (Phi) is 2.80. The van der Waals surface area contributed by atoms with Crippen LogP contribution in [0.25, 0.3) is 0 Å². The van der Waals surface area contributed by atoms with Gasteiger partial charge in [0, 0.05) is 25.2 Å². The number of nitrogens with two attached hydrogens (primary N) is 1. The third kappa shape index (κ3) is 2.30. The summed E-state index contributed by atoms with van der Waals surface area (Å²) in [6.07, 6.45) is 5.29. The molecule has 17 heavy (non-hydrogen) atoms. The minimum absolute atomic E-state index is 0.319. The first kappa shape index (κ1) is 11.0. The van der Waals surface area contributed by atoms with Crippen LogP contribution in [0.2, 0.25) is 5.15 Å². The molecule has 2 fully saturated rings. The third-order valence-corrected chi connectivity index (χ3v) is 3.76. The number of nitrogens with zero attached hydrogens (tertiary/aromatic N) is 3. The molecule has 0 amide bonds. The van der Waals surface area contributed by atoms with Gasteiger partial charge in [-0.25, -0.2) is 9.97 Å². The van der Waals surface area contributed by atoms with Crippen LogP contribution in [0.5, 0.6) is 0 Å². The molecule has 1 aromatic heterocycles. The first-order chi connectivity index (χ1) is 8.24. The van der Waals surface area contributed by atoms with Crippen LogP contribution in [-0.4, -0.2) is 40.0 Å². The Hall–Kier alpha value is -1.07. The molecule has 92 valence electrons. The molecule has 0 radical (unpaired) electrons. The van der Waals surface area contributed by atoms with Crippen molar-refractivity contribution in [3.05, 3.63) is 11.5 Å². The summed E-state index contributed by atoms with van der Waals surface area (Å²) in [7, 11) is 0. The average molecular weight is 254 g/mol. The maximum atomic E-state index is 5.86. The maximum Gasteiger partial charge on any atom is 0.157 e. The van der Waals surface area contributed by atoms with Gasteiger partial charge in [-0.05, 0) is 19.3 Å². The van der Waals surface area contributed by atoms with Crippen molar-refractivity contribution in [2.24, 2.45) is 0 Å². The Bertz CT molecular complexity index is 420. The number of hydrogen-bond donors (Lipinski definition) is 2. The molecule has 0 bridgehead atoms. The molecule has 1 saturated carbocycles. The van der Waals surface area contributed by atoms with Crippen LogP contribution in [0.3, 0.4) is 0 Å². The molecular formula is C11H16ClN5. The highest BCUT2D eigenvalue weighted by molar-refractivity contribution is 6.32. The van der Waals surface area contributed by atoms with Gasteiger partial charge in [0.25, 0.3) is 0 Å². The molecule has 1 aliphatic carbocycles. The van der Waals surface area contributed by atoms with Crippen molar-refractivity contribution >= 4 is 23.1 Å². The van der Waals surface area contributed by atoms with Crippen molar-refractivity contribution in [1.82, 2.24) is 14.9 Å². The number of aromatic nitrogens is 2. The number of likely N-dealkylation sites (tertiary alicyclic amines) is 1. The number of rotatable bonds is 3. The lowest BCUT2D eigenvalue weighted by molar-refractivity contribution is 0.326. The summed E-state index contributed by atoms with van der Waals surface area (Å²) in [6.45, 7) is 2.24. The van der Waals surface area contributed by atoms with Gasteiger partial charge in [0.1, 0.15) is 12.0 Å². The molecule has 2 heterocycles. The number of hydrogen-bond acceptors (Lipinski definition) is 5. The van der Waals surface area contributed by atoms with E-state index in [0.717, 1.165) is 19.0 Å². The Balaban J connectivity index is 1.65. The lowest BCUT2D eigenvalue weighted by Gasteiger charge is -2.17. The molecule has 1 aromatic rings. The first-order valence-corrected chi connectivity index (χ1v) is 6.38. The number of halogens is 1. The van der Waals surface area contributed by atoms with Crippen molar-refractivity contribution in [2.75, 3.05) is 24.1 Å². The van der Waals surface area contributed by atoms with Crippen molar-refractivity contribution in [1.29, 1.82) is 0 Å². The van der Waals surface area contributed by atoms with E-state index in [1.54, 1.807) is 0 Å². The van der Waals surface area contributed by atoms with Gasteiger partial charge in [-0.1, -0.05) is 11.6 Å². The van der Waals surface area contributed by atoms with E-state index in [2.05, 4.69) is 20.2 Å². The summed E-state index contributed by atoms with van der Waals surface area (Å²) in [5, 5.41) is 3.68. The highest BCUT2D eigenvalue weighted by atomic mass is 35.5. The van der Waals surface area contributed by atoms with E-state index in [-0.39, 0.29) is 0 Å². The molecule has 3 rings (SSSR count). The second-order valence-electron chi connectivity index (χ2n) is 4.78. The van der Waals surface area contributed by atoms with Crippen LogP contribution in [0, 0.1) is 0 Å². The smallest absolute Gasteiger partial charge is 0.157 e. The molecule has 1 atom stereocenters. The summed E-state index contributed by atoms with van der Waals surface area (Å²) in [4.78, 5) is 10.5. The van der Waals surface area contributed by atoms with E-state index in [9.17, 15) is 0 Å². The lowest BCUT2D eigenvalue weighted by atomic mass is 10.2. The lowest BCUT2D eigenvalue weighted by Crippen LogP contribution is -2.28. The largest absolute Gasteiger partial charge is 0.393 e. The van der Waals surface area contributed by atoms with Crippen LogP contribution >= 0.6 is 11.6 Å². The van der Waals surface area contributed by atoms with Crippen molar-refractivity contribution in [3.8, 4) is 0 Å². The van der Waals surface area contributed by atoms with Crippen LogP contribution in [0.1, 0.15) is 19.3 Å². The molecule has 1 unspecified atom stereocenters. The highest BCUT2D eigenvalue weighted by Crippen LogP contribution is 2.31. The summed E-state index contributed by atoms with van der Waals surface area (Å²) < 4.78 is 0. The second-order valence-corrected chi connectivity index (χ2v) is 5.14. The SMILES string of the molecule is Nc1c(Cl)ncnc1NC1CCN(C2CC2)C1. The molecule has 0 spiro atoms. The van der Waals surface area contributed by atoms with Crippen molar-refractivity contribution in [2.45, 2.75) is 31.3 Å². The molecule has 0 aromatic carbocycles. The van der Waals surface area contributed by atoms with Gasteiger partial charge in [0.05, 0.1) is 0 Å². The van der Waals surface area contributed by atoms with Gasteiger partial charge in [-0.3, -0.25) is 4.90 Å². The van der Waals surface area contributed by atoms with Crippen LogP contribution in [0.15, 0.2) is 6.33 Å². The molecule has 1 aliphatic heterocycles. The topological polar surface area (TPSA) is 67.1 Å². The average Bonchev–Trinajstić information content (AvgIpc) is 3.06. The highest BCUT2D eigenvalue weighted by Gasteiger charge is 2.34. The van der Waals surface area contributed by atoms with Crippen molar-refractivity contribution in [3.63, 3.8) is 0 Å². The zero-order valence-electron chi connectivity index (χ0n) is 9.56. The van der Waals surface area contributed by atoms with Crippen molar-refractivity contribution < 1.29 is 0 Å². The van der Waals surface area contributed by atoms with Gasteiger partial charge in [0.2, 0.25) is 0 Å². The van der Waals surface area contributed by atoms with Crippen LogP contribution in [-0.2, 0) is 0 Å². The molecule has 1 saturated heterocycles. The predicted octanol–water partition coefficient (Wildman–Crippen LogP) is 1.36. The molecule has 2 aliphatic rings. The zero-order chi connectivity index (χ0) is 11.8. The normalized spacial score (nSPS) is 25.1. The van der Waals surface area contributed by atoms with E-state index < -0.39 is 0 Å². The van der Waals surface area contributed by atoms with E-state index in [4.69, 9.17) is 17.3 Å². The Labute approximate surface area is 105 Å². The van der Waals surface area contributed by atoms with Gasteiger partial charge in [-0.2, -0.15) is 0 Å². The van der Waals surface area contributed by atoms with E-state index in [1.165, 1.54) is 25.7 Å². The van der Waals surface area contributed by atoms with Crippen LogP contribution < -0.4 is 11.1 Å². The van der Waals surface area contributed by atoms with Gasteiger partial charge in [0.15, 0.2) is 11.0 Å². The minimum Gasteiger partial charge on any atom is -0.393 e. The molecule has 5 nitrogen and oxygen atoms in total. The first-order valence-electron chi connectivity index (χ1n) is 6.00. The quantitative estimate of drug-likeness (QED) is 0.797. The standard InChI is InChI=1S/C11H16ClN5/c12-10-9(13)11(15-6-14-10)16-7-3-4-17(5-7)8-1-2-8/h6-8H,1-5,13H2,(H,14,15,16). The van der Waals surface area contributed by atoms with Crippen LogP contribution in [0.4, 0.5) is 11.5 Å². The zero-order valence-corrected chi connectivity index (χ0v) is 10.3. The number of anilines is 2. The number of nitrogens with one attached hydrogen (secondary N) is 1. The monoisotopic (exact) mass is 253 g/mol. The van der Waals surface area contributed by atoms with Gasteiger partial charge in [-0.15, -0.1) is 0 Å². The molecule has 3 N–H and O–H groups in total. The maximum absolute atomic E-state index is 5.86.